The van der Waals surface area contributed by atoms with Crippen molar-refractivity contribution in [2.75, 3.05) is 17.8 Å². The van der Waals surface area contributed by atoms with Gasteiger partial charge in [0, 0.05) is 6.54 Å². The normalized spacial score (nSPS) is 13.7. The second-order valence-corrected chi connectivity index (χ2v) is 7.67. The zero-order valence-electron chi connectivity index (χ0n) is 14.3. The minimum atomic E-state index is -0.825. The van der Waals surface area contributed by atoms with Crippen LogP contribution >= 0.6 is 23.1 Å². The topological polar surface area (TPSA) is 83.7 Å². The second-order valence-electron chi connectivity index (χ2n) is 5.62. The van der Waals surface area contributed by atoms with Crippen molar-refractivity contribution in [1.29, 1.82) is 0 Å². The third-order valence-corrected chi connectivity index (χ3v) is 6.07. The Morgan fingerprint density at radius 1 is 1.46 bits per heavy atom. The van der Waals surface area contributed by atoms with Crippen LogP contribution in [-0.2, 0) is 11.3 Å². The van der Waals surface area contributed by atoms with Gasteiger partial charge in [0.05, 0.1) is 12.8 Å². The lowest BCUT2D eigenvalue weighted by molar-refractivity contribution is 0.275. The van der Waals surface area contributed by atoms with Crippen LogP contribution in [0.4, 0.5) is 5.82 Å². The molecule has 0 spiro atoms. The van der Waals surface area contributed by atoms with Gasteiger partial charge in [-0.2, -0.15) is 5.10 Å². The number of hydrogen-bond donors (Lipinski definition) is 1. The summed E-state index contributed by atoms with van der Waals surface area (Å²) < 4.78 is 7.12. The zero-order valence-corrected chi connectivity index (χ0v) is 15.9. The minimum Gasteiger partial charge on any atom is -0.423 e. The van der Waals surface area contributed by atoms with Gasteiger partial charge in [-0.15, -0.1) is 11.3 Å². The summed E-state index contributed by atoms with van der Waals surface area (Å²) in [5.74, 6) is 0.756. The van der Waals surface area contributed by atoms with Crippen LogP contribution in [-0.4, -0.2) is 46.1 Å². The molecule has 0 amide bonds. The minimum absolute atomic E-state index is 0.417. The van der Waals surface area contributed by atoms with Crippen LogP contribution in [0.15, 0.2) is 34.0 Å². The van der Waals surface area contributed by atoms with Gasteiger partial charge in [0.15, 0.2) is 15.8 Å². The summed E-state index contributed by atoms with van der Waals surface area (Å²) in [6, 6.07) is 5.78. The van der Waals surface area contributed by atoms with E-state index in [1.54, 1.807) is 29.3 Å². The van der Waals surface area contributed by atoms with Gasteiger partial charge < -0.3 is 9.68 Å². The molecule has 1 aliphatic rings. The number of hydrazone groups is 1. The lowest BCUT2D eigenvalue weighted by Crippen LogP contribution is -2.27. The molecule has 132 valence electrons. The highest BCUT2D eigenvalue weighted by atomic mass is 32.2. The SMILES string of the molecule is CCN(/N=C/c1ccc2c(c1)COB2O)c1ncnc2nc(SC)sc12. The largest absolute Gasteiger partial charge is 0.491 e. The first-order valence-corrected chi connectivity index (χ1v) is 10.1. The summed E-state index contributed by atoms with van der Waals surface area (Å²) in [5, 5.41) is 16.2. The van der Waals surface area contributed by atoms with Gasteiger partial charge in [-0.1, -0.05) is 23.9 Å². The Morgan fingerprint density at radius 2 is 2.35 bits per heavy atom. The Bertz CT molecular complexity index is 980. The fourth-order valence-corrected chi connectivity index (χ4v) is 4.25. The van der Waals surface area contributed by atoms with E-state index in [1.165, 1.54) is 6.33 Å². The molecule has 0 bridgehead atoms. The highest BCUT2D eigenvalue weighted by molar-refractivity contribution is 8.00. The van der Waals surface area contributed by atoms with E-state index in [2.05, 4.69) is 20.1 Å². The van der Waals surface area contributed by atoms with Gasteiger partial charge in [0.1, 0.15) is 11.0 Å². The van der Waals surface area contributed by atoms with Crippen molar-refractivity contribution in [3.8, 4) is 0 Å². The molecule has 0 radical (unpaired) electrons. The molecular formula is C16H16BN5O2S2. The van der Waals surface area contributed by atoms with Crippen LogP contribution in [0.2, 0.25) is 0 Å². The molecule has 3 aromatic rings. The van der Waals surface area contributed by atoms with E-state index in [0.717, 1.165) is 31.4 Å². The first-order chi connectivity index (χ1) is 12.7. The van der Waals surface area contributed by atoms with Gasteiger partial charge in [0.2, 0.25) is 0 Å². The first kappa shape index (κ1) is 17.4. The molecule has 0 saturated carbocycles. The first-order valence-electron chi connectivity index (χ1n) is 8.09. The number of nitrogens with zero attached hydrogens (tertiary/aromatic N) is 5. The Kier molecular flexibility index (Phi) is 4.90. The molecular weight excluding hydrogens is 369 g/mol. The van der Waals surface area contributed by atoms with Crippen LogP contribution in [0, 0.1) is 0 Å². The van der Waals surface area contributed by atoms with Gasteiger partial charge in [-0.05, 0) is 35.8 Å². The van der Waals surface area contributed by atoms with Gasteiger partial charge >= 0.3 is 7.12 Å². The predicted molar refractivity (Wildman–Crippen MR) is 106 cm³/mol. The maximum atomic E-state index is 9.72. The van der Waals surface area contributed by atoms with Crippen molar-refractivity contribution < 1.29 is 9.68 Å². The molecule has 0 saturated heterocycles. The molecule has 0 atom stereocenters. The fraction of sp³-hybridized carbons (Fsp3) is 0.250. The number of rotatable bonds is 5. The molecule has 0 aliphatic carbocycles. The lowest BCUT2D eigenvalue weighted by Gasteiger charge is -2.15. The van der Waals surface area contributed by atoms with E-state index in [1.807, 2.05) is 36.4 Å². The van der Waals surface area contributed by atoms with Crippen molar-refractivity contribution in [1.82, 2.24) is 15.0 Å². The van der Waals surface area contributed by atoms with E-state index in [9.17, 15) is 5.02 Å². The summed E-state index contributed by atoms with van der Waals surface area (Å²) >= 11 is 3.17. The molecule has 0 unspecified atom stereocenters. The maximum absolute atomic E-state index is 9.72. The quantitative estimate of drug-likeness (QED) is 0.311. The molecule has 10 heteroatoms. The van der Waals surface area contributed by atoms with Gasteiger partial charge in [0.25, 0.3) is 0 Å². The summed E-state index contributed by atoms with van der Waals surface area (Å²) in [5.41, 5.74) is 3.45. The maximum Gasteiger partial charge on any atom is 0.491 e. The van der Waals surface area contributed by atoms with Crippen LogP contribution in [0.3, 0.4) is 0 Å². The van der Waals surface area contributed by atoms with Crippen molar-refractivity contribution in [2.45, 2.75) is 17.9 Å². The van der Waals surface area contributed by atoms with E-state index in [4.69, 9.17) is 4.65 Å². The van der Waals surface area contributed by atoms with E-state index >= 15 is 0 Å². The van der Waals surface area contributed by atoms with Crippen molar-refractivity contribution in [2.24, 2.45) is 5.10 Å². The van der Waals surface area contributed by atoms with Crippen LogP contribution in [0.5, 0.6) is 0 Å². The Balaban J connectivity index is 1.64. The Hall–Kier alpha value is -2.01. The molecule has 4 rings (SSSR count). The summed E-state index contributed by atoms with van der Waals surface area (Å²) in [7, 11) is -0.825. The summed E-state index contributed by atoms with van der Waals surface area (Å²) in [6.45, 7) is 3.11. The average Bonchev–Trinajstić information content (AvgIpc) is 3.26. The number of hydrogen-bond acceptors (Lipinski definition) is 9. The van der Waals surface area contributed by atoms with E-state index < -0.39 is 7.12 Å². The molecule has 1 N–H and O–H groups in total. The van der Waals surface area contributed by atoms with Crippen LogP contribution in [0.1, 0.15) is 18.1 Å². The number of benzene rings is 1. The van der Waals surface area contributed by atoms with Crippen LogP contribution < -0.4 is 10.5 Å². The molecule has 7 nitrogen and oxygen atoms in total. The Morgan fingerprint density at radius 3 is 3.15 bits per heavy atom. The van der Waals surface area contributed by atoms with Gasteiger partial charge in [-0.3, -0.25) is 0 Å². The number of fused-ring (bicyclic) bond motifs is 2. The van der Waals surface area contributed by atoms with Crippen molar-refractivity contribution >= 4 is 58.1 Å². The van der Waals surface area contributed by atoms with Crippen molar-refractivity contribution in [3.63, 3.8) is 0 Å². The monoisotopic (exact) mass is 385 g/mol. The lowest BCUT2D eigenvalue weighted by atomic mass is 9.79. The number of anilines is 1. The number of thiazole rings is 1. The fourth-order valence-electron chi connectivity index (χ4n) is 2.75. The molecule has 3 heterocycles. The van der Waals surface area contributed by atoms with E-state index in [-0.39, 0.29) is 0 Å². The Labute approximate surface area is 159 Å². The zero-order chi connectivity index (χ0) is 18.1. The van der Waals surface area contributed by atoms with E-state index in [0.29, 0.717) is 18.8 Å². The van der Waals surface area contributed by atoms with Crippen molar-refractivity contribution in [3.05, 3.63) is 35.7 Å². The average molecular weight is 385 g/mol. The molecule has 1 aromatic carbocycles. The highest BCUT2D eigenvalue weighted by Crippen LogP contribution is 2.32. The number of thioether (sulfide) groups is 1. The van der Waals surface area contributed by atoms with Gasteiger partial charge in [-0.25, -0.2) is 20.0 Å². The smallest absolute Gasteiger partial charge is 0.423 e. The standard InChI is InChI=1S/C16H16BN5O2S2/c1-3-22(15-13-14(18-9-19-15)21-16(25-2)26-13)20-7-10-4-5-12-11(6-10)8-24-17(12)23/h4-7,9,23H,3,8H2,1-2H3/b20-7+. The molecule has 2 aromatic heterocycles. The second kappa shape index (κ2) is 7.32. The molecule has 0 fully saturated rings. The predicted octanol–water partition coefficient (Wildman–Crippen LogP) is 1.89. The summed E-state index contributed by atoms with van der Waals surface area (Å²) in [4.78, 5) is 13.2. The number of aromatic nitrogens is 3. The summed E-state index contributed by atoms with van der Waals surface area (Å²) in [6.07, 6.45) is 5.31. The molecule has 26 heavy (non-hydrogen) atoms. The molecule has 1 aliphatic heterocycles. The highest BCUT2D eigenvalue weighted by Gasteiger charge is 2.26. The third kappa shape index (κ3) is 3.21. The third-order valence-electron chi connectivity index (χ3n) is 4.05. The van der Waals surface area contributed by atoms with Crippen LogP contribution in [0.25, 0.3) is 10.3 Å².